The summed E-state index contributed by atoms with van der Waals surface area (Å²) in [5.41, 5.74) is 2.16. The lowest BCUT2D eigenvalue weighted by Crippen LogP contribution is -2.25. The monoisotopic (exact) mass is 296 g/mol. The third-order valence-corrected chi connectivity index (χ3v) is 4.63. The predicted octanol–water partition coefficient (Wildman–Crippen LogP) is 4.78. The van der Waals surface area contributed by atoms with E-state index in [1.165, 1.54) is 10.3 Å². The van der Waals surface area contributed by atoms with E-state index in [9.17, 15) is 0 Å². The van der Waals surface area contributed by atoms with E-state index in [1.807, 2.05) is 23.5 Å². The molecule has 0 aliphatic heterocycles. The van der Waals surface area contributed by atoms with Crippen LogP contribution in [0.25, 0.3) is 10.9 Å². The first-order valence-electron chi connectivity index (χ1n) is 7.35. The molecular formula is C18H20N2S. The molecule has 2 heterocycles. The Morgan fingerprint density at radius 1 is 1.05 bits per heavy atom. The SMILES string of the molecule is CC(C)C(NCc1ccc2ccccc2n1)c1cccs1. The highest BCUT2D eigenvalue weighted by atomic mass is 32.1. The van der Waals surface area contributed by atoms with Gasteiger partial charge in [0.1, 0.15) is 0 Å². The van der Waals surface area contributed by atoms with Gasteiger partial charge in [-0.1, -0.05) is 44.2 Å². The Hall–Kier alpha value is -1.71. The number of rotatable bonds is 5. The number of para-hydroxylation sites is 1. The lowest BCUT2D eigenvalue weighted by atomic mass is 10.0. The first kappa shape index (κ1) is 14.2. The van der Waals surface area contributed by atoms with Gasteiger partial charge in [-0.25, -0.2) is 0 Å². The molecule has 0 amide bonds. The van der Waals surface area contributed by atoms with Crippen LogP contribution >= 0.6 is 11.3 Å². The van der Waals surface area contributed by atoms with Crippen LogP contribution in [0.3, 0.4) is 0 Å². The van der Waals surface area contributed by atoms with Gasteiger partial charge in [-0.3, -0.25) is 4.98 Å². The van der Waals surface area contributed by atoms with Crippen molar-refractivity contribution in [2.75, 3.05) is 0 Å². The molecule has 0 spiro atoms. The highest BCUT2D eigenvalue weighted by Crippen LogP contribution is 2.26. The molecule has 0 radical (unpaired) electrons. The number of fused-ring (bicyclic) bond motifs is 1. The summed E-state index contributed by atoms with van der Waals surface area (Å²) in [6.07, 6.45) is 0. The van der Waals surface area contributed by atoms with E-state index in [0.717, 1.165) is 17.8 Å². The first-order chi connectivity index (χ1) is 10.2. The number of nitrogens with zero attached hydrogens (tertiary/aromatic N) is 1. The van der Waals surface area contributed by atoms with Gasteiger partial charge < -0.3 is 5.32 Å². The van der Waals surface area contributed by atoms with Gasteiger partial charge >= 0.3 is 0 Å². The second-order valence-electron chi connectivity index (χ2n) is 5.61. The zero-order chi connectivity index (χ0) is 14.7. The van der Waals surface area contributed by atoms with E-state index in [0.29, 0.717) is 12.0 Å². The highest BCUT2D eigenvalue weighted by Gasteiger charge is 2.16. The van der Waals surface area contributed by atoms with Crippen LogP contribution in [0.5, 0.6) is 0 Å². The Labute approximate surface area is 129 Å². The molecule has 0 aliphatic carbocycles. The van der Waals surface area contributed by atoms with Crippen LogP contribution in [0.1, 0.15) is 30.5 Å². The Morgan fingerprint density at radius 3 is 2.67 bits per heavy atom. The third-order valence-electron chi connectivity index (χ3n) is 3.68. The van der Waals surface area contributed by atoms with Crippen LogP contribution in [0.2, 0.25) is 0 Å². The topological polar surface area (TPSA) is 24.9 Å². The van der Waals surface area contributed by atoms with Crippen molar-refractivity contribution in [2.45, 2.75) is 26.4 Å². The molecule has 0 aliphatic rings. The van der Waals surface area contributed by atoms with Gasteiger partial charge in [-0.2, -0.15) is 0 Å². The third kappa shape index (κ3) is 3.31. The Balaban J connectivity index is 1.75. The number of thiophene rings is 1. The van der Waals surface area contributed by atoms with E-state index < -0.39 is 0 Å². The van der Waals surface area contributed by atoms with Crippen molar-refractivity contribution >= 4 is 22.2 Å². The molecule has 0 saturated heterocycles. The summed E-state index contributed by atoms with van der Waals surface area (Å²) in [5, 5.41) is 6.98. The van der Waals surface area contributed by atoms with E-state index in [4.69, 9.17) is 4.98 Å². The zero-order valence-electron chi connectivity index (χ0n) is 12.4. The fourth-order valence-electron chi connectivity index (χ4n) is 2.55. The van der Waals surface area contributed by atoms with Crippen LogP contribution in [0, 0.1) is 5.92 Å². The molecule has 1 N–H and O–H groups in total. The first-order valence-corrected chi connectivity index (χ1v) is 8.23. The minimum Gasteiger partial charge on any atom is -0.303 e. The molecule has 2 aromatic heterocycles. The van der Waals surface area contributed by atoms with Gasteiger partial charge in [-0.15, -0.1) is 11.3 Å². The van der Waals surface area contributed by atoms with Crippen LogP contribution in [0.4, 0.5) is 0 Å². The van der Waals surface area contributed by atoms with Gasteiger partial charge in [0.25, 0.3) is 0 Å². The summed E-state index contributed by atoms with van der Waals surface area (Å²) in [4.78, 5) is 6.12. The normalized spacial score (nSPS) is 12.9. The van der Waals surface area contributed by atoms with E-state index in [2.05, 4.69) is 60.9 Å². The molecule has 108 valence electrons. The van der Waals surface area contributed by atoms with E-state index >= 15 is 0 Å². The number of benzene rings is 1. The van der Waals surface area contributed by atoms with Gasteiger partial charge in [0, 0.05) is 22.8 Å². The van der Waals surface area contributed by atoms with Gasteiger partial charge in [-0.05, 0) is 29.5 Å². The Bertz CT molecular complexity index is 704. The van der Waals surface area contributed by atoms with Gasteiger partial charge in [0.2, 0.25) is 0 Å². The minimum absolute atomic E-state index is 0.387. The summed E-state index contributed by atoms with van der Waals surface area (Å²) in [6, 6.07) is 17.2. The van der Waals surface area contributed by atoms with E-state index in [1.54, 1.807) is 0 Å². The van der Waals surface area contributed by atoms with Crippen LogP contribution < -0.4 is 5.32 Å². The smallest absolute Gasteiger partial charge is 0.0705 e. The number of hydrogen-bond acceptors (Lipinski definition) is 3. The van der Waals surface area contributed by atoms with Crippen molar-refractivity contribution < 1.29 is 0 Å². The predicted molar refractivity (Wildman–Crippen MR) is 90.5 cm³/mol. The average molecular weight is 296 g/mol. The van der Waals surface area contributed by atoms with Crippen molar-refractivity contribution in [2.24, 2.45) is 5.92 Å². The summed E-state index contributed by atoms with van der Waals surface area (Å²) in [5.74, 6) is 0.559. The Morgan fingerprint density at radius 2 is 1.90 bits per heavy atom. The summed E-state index contributed by atoms with van der Waals surface area (Å²) < 4.78 is 0. The largest absolute Gasteiger partial charge is 0.303 e. The minimum atomic E-state index is 0.387. The number of hydrogen-bond donors (Lipinski definition) is 1. The fraction of sp³-hybridized carbons (Fsp3) is 0.278. The van der Waals surface area contributed by atoms with Crippen LogP contribution in [-0.2, 0) is 6.54 Å². The number of aromatic nitrogens is 1. The molecule has 3 heteroatoms. The second-order valence-corrected chi connectivity index (χ2v) is 6.59. The standard InChI is InChI=1S/C18H20N2S/c1-13(2)18(17-8-5-11-21-17)19-12-15-10-9-14-6-3-4-7-16(14)20-15/h3-11,13,18-19H,12H2,1-2H3. The molecule has 0 fully saturated rings. The molecule has 21 heavy (non-hydrogen) atoms. The maximum atomic E-state index is 4.73. The molecule has 3 aromatic rings. The van der Waals surface area contributed by atoms with Crippen molar-refractivity contribution in [1.82, 2.24) is 10.3 Å². The molecule has 2 nitrogen and oxygen atoms in total. The lowest BCUT2D eigenvalue weighted by Gasteiger charge is -2.21. The fourth-order valence-corrected chi connectivity index (χ4v) is 3.53. The summed E-state index contributed by atoms with van der Waals surface area (Å²) >= 11 is 1.81. The molecule has 0 saturated carbocycles. The average Bonchev–Trinajstić information content (AvgIpc) is 3.01. The van der Waals surface area contributed by atoms with Crippen LogP contribution in [-0.4, -0.2) is 4.98 Å². The number of nitrogens with one attached hydrogen (secondary N) is 1. The van der Waals surface area contributed by atoms with Crippen molar-refractivity contribution in [3.8, 4) is 0 Å². The maximum Gasteiger partial charge on any atom is 0.0705 e. The lowest BCUT2D eigenvalue weighted by molar-refractivity contribution is 0.414. The van der Waals surface area contributed by atoms with Gasteiger partial charge in [0.15, 0.2) is 0 Å². The van der Waals surface area contributed by atoms with Gasteiger partial charge in [0.05, 0.1) is 11.2 Å². The summed E-state index contributed by atoms with van der Waals surface area (Å²) in [6.45, 7) is 5.31. The number of pyridine rings is 1. The highest BCUT2D eigenvalue weighted by molar-refractivity contribution is 7.10. The molecule has 1 atom stereocenters. The zero-order valence-corrected chi connectivity index (χ0v) is 13.2. The van der Waals surface area contributed by atoms with Crippen molar-refractivity contribution in [3.05, 3.63) is 64.5 Å². The summed E-state index contributed by atoms with van der Waals surface area (Å²) in [7, 11) is 0. The van der Waals surface area contributed by atoms with Crippen molar-refractivity contribution in [1.29, 1.82) is 0 Å². The quantitative estimate of drug-likeness (QED) is 0.732. The molecular weight excluding hydrogens is 276 g/mol. The second kappa shape index (κ2) is 6.37. The van der Waals surface area contributed by atoms with Crippen molar-refractivity contribution in [3.63, 3.8) is 0 Å². The van der Waals surface area contributed by atoms with E-state index in [-0.39, 0.29) is 0 Å². The molecule has 1 aromatic carbocycles. The van der Waals surface area contributed by atoms with Crippen LogP contribution in [0.15, 0.2) is 53.9 Å². The molecule has 1 unspecified atom stereocenters. The molecule has 3 rings (SSSR count). The molecule has 0 bridgehead atoms. The Kier molecular flexibility index (Phi) is 4.32. The maximum absolute atomic E-state index is 4.73.